The van der Waals surface area contributed by atoms with Crippen LogP contribution >= 0.6 is 0 Å². The molecule has 0 radical (unpaired) electrons. The minimum Gasteiger partial charge on any atom is -0.491 e. The van der Waals surface area contributed by atoms with Gasteiger partial charge in [-0.25, -0.2) is 0 Å². The lowest BCUT2D eigenvalue weighted by Crippen LogP contribution is -2.30. The SMILES string of the molecule is COCCNCC(=O)Nc1cccc(OCCOC)c1. The van der Waals surface area contributed by atoms with Crippen LogP contribution in [0.1, 0.15) is 0 Å². The monoisotopic (exact) mass is 282 g/mol. The van der Waals surface area contributed by atoms with E-state index in [2.05, 4.69) is 10.6 Å². The highest BCUT2D eigenvalue weighted by Crippen LogP contribution is 2.17. The fourth-order valence-electron chi connectivity index (χ4n) is 1.49. The van der Waals surface area contributed by atoms with Gasteiger partial charge in [0.1, 0.15) is 12.4 Å². The van der Waals surface area contributed by atoms with Crippen molar-refractivity contribution in [3.05, 3.63) is 24.3 Å². The Bertz CT molecular complexity index is 399. The molecule has 0 bridgehead atoms. The molecule has 0 aromatic heterocycles. The molecule has 20 heavy (non-hydrogen) atoms. The largest absolute Gasteiger partial charge is 0.491 e. The van der Waals surface area contributed by atoms with Crippen LogP contribution in [0.5, 0.6) is 5.75 Å². The fraction of sp³-hybridized carbons (Fsp3) is 0.500. The van der Waals surface area contributed by atoms with Gasteiger partial charge in [-0.3, -0.25) is 4.79 Å². The third kappa shape index (κ3) is 7.08. The van der Waals surface area contributed by atoms with Crippen LogP contribution in [0.2, 0.25) is 0 Å². The summed E-state index contributed by atoms with van der Waals surface area (Å²) in [5.74, 6) is 0.599. The molecule has 6 nitrogen and oxygen atoms in total. The summed E-state index contributed by atoms with van der Waals surface area (Å²) in [5.41, 5.74) is 0.707. The minimum absolute atomic E-state index is 0.102. The normalized spacial score (nSPS) is 10.3. The lowest BCUT2D eigenvalue weighted by Gasteiger charge is -2.09. The summed E-state index contributed by atoms with van der Waals surface area (Å²) < 4.78 is 15.3. The molecule has 0 unspecified atom stereocenters. The molecule has 0 atom stereocenters. The van der Waals surface area contributed by atoms with Gasteiger partial charge in [0.2, 0.25) is 5.91 Å². The Hall–Kier alpha value is -1.63. The molecular formula is C14H22N2O4. The Morgan fingerprint density at radius 1 is 1.15 bits per heavy atom. The first-order valence-corrected chi connectivity index (χ1v) is 6.47. The Morgan fingerprint density at radius 3 is 2.70 bits per heavy atom. The van der Waals surface area contributed by atoms with Crippen molar-refractivity contribution in [3.8, 4) is 5.75 Å². The van der Waals surface area contributed by atoms with Crippen LogP contribution in [0.4, 0.5) is 5.69 Å². The molecule has 1 aromatic rings. The summed E-state index contributed by atoms with van der Waals surface area (Å²) in [4.78, 5) is 11.7. The molecule has 0 saturated heterocycles. The molecule has 0 aliphatic heterocycles. The van der Waals surface area contributed by atoms with Crippen molar-refractivity contribution < 1.29 is 19.0 Å². The minimum atomic E-state index is -0.102. The summed E-state index contributed by atoms with van der Waals surface area (Å²) in [5, 5.41) is 5.77. The van der Waals surface area contributed by atoms with Gasteiger partial charge >= 0.3 is 0 Å². The summed E-state index contributed by atoms with van der Waals surface area (Å²) >= 11 is 0. The van der Waals surface area contributed by atoms with Crippen molar-refractivity contribution in [3.63, 3.8) is 0 Å². The topological polar surface area (TPSA) is 68.8 Å². The highest BCUT2D eigenvalue weighted by Gasteiger charge is 2.03. The maximum Gasteiger partial charge on any atom is 0.238 e. The van der Waals surface area contributed by atoms with Gasteiger partial charge < -0.3 is 24.8 Å². The molecule has 6 heteroatoms. The number of methoxy groups -OCH3 is 2. The van der Waals surface area contributed by atoms with Crippen molar-refractivity contribution in [2.24, 2.45) is 0 Å². The molecule has 0 fully saturated rings. The lowest BCUT2D eigenvalue weighted by atomic mass is 10.3. The molecule has 1 aromatic carbocycles. The van der Waals surface area contributed by atoms with Crippen molar-refractivity contribution >= 4 is 11.6 Å². The molecule has 1 rings (SSSR count). The predicted molar refractivity (Wildman–Crippen MR) is 77.2 cm³/mol. The predicted octanol–water partition coefficient (Wildman–Crippen LogP) is 0.886. The highest BCUT2D eigenvalue weighted by molar-refractivity contribution is 5.92. The smallest absolute Gasteiger partial charge is 0.238 e. The second kappa shape index (κ2) is 10.2. The van der Waals surface area contributed by atoms with Crippen molar-refractivity contribution in [2.75, 3.05) is 52.4 Å². The first kappa shape index (κ1) is 16.4. The number of nitrogens with one attached hydrogen (secondary N) is 2. The Balaban J connectivity index is 2.35. The number of hydrogen-bond donors (Lipinski definition) is 2. The van der Waals surface area contributed by atoms with E-state index >= 15 is 0 Å². The van der Waals surface area contributed by atoms with Crippen LogP contribution in [0.25, 0.3) is 0 Å². The zero-order valence-electron chi connectivity index (χ0n) is 12.0. The average Bonchev–Trinajstić information content (AvgIpc) is 2.44. The number of benzene rings is 1. The van der Waals surface area contributed by atoms with Crippen molar-refractivity contribution in [1.82, 2.24) is 5.32 Å². The number of hydrogen-bond acceptors (Lipinski definition) is 5. The van der Waals surface area contributed by atoms with E-state index in [1.807, 2.05) is 18.2 Å². The summed E-state index contributed by atoms with van der Waals surface area (Å²) in [6.07, 6.45) is 0. The second-order valence-corrected chi connectivity index (χ2v) is 4.09. The Kier molecular flexibility index (Phi) is 8.37. The molecule has 0 spiro atoms. The zero-order chi connectivity index (χ0) is 14.6. The summed E-state index contributed by atoms with van der Waals surface area (Å²) in [7, 11) is 3.24. The molecule has 112 valence electrons. The van der Waals surface area contributed by atoms with Gasteiger partial charge in [0.05, 0.1) is 19.8 Å². The van der Waals surface area contributed by atoms with E-state index in [1.165, 1.54) is 0 Å². The van der Waals surface area contributed by atoms with Crippen LogP contribution < -0.4 is 15.4 Å². The number of amides is 1. The van der Waals surface area contributed by atoms with E-state index in [-0.39, 0.29) is 12.5 Å². The maximum atomic E-state index is 11.7. The molecule has 0 aliphatic carbocycles. The summed E-state index contributed by atoms with van der Waals surface area (Å²) in [6, 6.07) is 7.26. The van der Waals surface area contributed by atoms with Gasteiger partial charge in [0.15, 0.2) is 0 Å². The van der Waals surface area contributed by atoms with E-state index in [0.717, 1.165) is 0 Å². The van der Waals surface area contributed by atoms with Gasteiger partial charge in [-0.2, -0.15) is 0 Å². The van der Waals surface area contributed by atoms with Crippen LogP contribution in [0, 0.1) is 0 Å². The van der Waals surface area contributed by atoms with E-state index in [9.17, 15) is 4.79 Å². The third-order valence-electron chi connectivity index (χ3n) is 2.44. The number of rotatable bonds is 10. The van der Waals surface area contributed by atoms with Gasteiger partial charge in [-0.1, -0.05) is 6.07 Å². The standard InChI is InChI=1S/C14H22N2O4/c1-18-7-6-15-11-14(17)16-12-4-3-5-13(10-12)20-9-8-19-2/h3-5,10,15H,6-9,11H2,1-2H3,(H,16,17). The number of ether oxygens (including phenoxy) is 3. The third-order valence-corrected chi connectivity index (χ3v) is 2.44. The number of carbonyl (C=O) groups excluding carboxylic acids is 1. The van der Waals surface area contributed by atoms with Crippen molar-refractivity contribution in [2.45, 2.75) is 0 Å². The number of anilines is 1. The lowest BCUT2D eigenvalue weighted by molar-refractivity contribution is -0.115. The van der Waals surface area contributed by atoms with Crippen LogP contribution in [0.15, 0.2) is 24.3 Å². The summed E-state index contributed by atoms with van der Waals surface area (Å²) in [6.45, 7) is 2.48. The van der Waals surface area contributed by atoms with E-state index < -0.39 is 0 Å². The molecule has 0 heterocycles. The Morgan fingerprint density at radius 2 is 1.95 bits per heavy atom. The number of carbonyl (C=O) groups is 1. The second-order valence-electron chi connectivity index (χ2n) is 4.09. The molecule has 1 amide bonds. The van der Waals surface area contributed by atoms with E-state index in [1.54, 1.807) is 20.3 Å². The van der Waals surface area contributed by atoms with Gasteiger partial charge in [0.25, 0.3) is 0 Å². The molecule has 0 saturated carbocycles. The fourth-order valence-corrected chi connectivity index (χ4v) is 1.49. The van der Waals surface area contributed by atoms with Crippen LogP contribution in [-0.2, 0) is 14.3 Å². The average molecular weight is 282 g/mol. The van der Waals surface area contributed by atoms with Gasteiger partial charge in [-0.15, -0.1) is 0 Å². The van der Waals surface area contributed by atoms with Crippen LogP contribution in [0.3, 0.4) is 0 Å². The van der Waals surface area contributed by atoms with Gasteiger partial charge in [-0.05, 0) is 12.1 Å². The van der Waals surface area contributed by atoms with Gasteiger partial charge in [0, 0.05) is 32.5 Å². The molecular weight excluding hydrogens is 260 g/mol. The highest BCUT2D eigenvalue weighted by atomic mass is 16.5. The maximum absolute atomic E-state index is 11.7. The van der Waals surface area contributed by atoms with Crippen molar-refractivity contribution in [1.29, 1.82) is 0 Å². The zero-order valence-corrected chi connectivity index (χ0v) is 12.0. The first-order valence-electron chi connectivity index (χ1n) is 6.47. The van der Waals surface area contributed by atoms with Crippen LogP contribution in [-0.4, -0.2) is 53.0 Å². The molecule has 0 aliphatic rings. The first-order chi connectivity index (χ1) is 9.76. The quantitative estimate of drug-likeness (QED) is 0.624. The van der Waals surface area contributed by atoms with E-state index in [0.29, 0.717) is 37.8 Å². The molecule has 2 N–H and O–H groups in total. The van der Waals surface area contributed by atoms with E-state index in [4.69, 9.17) is 14.2 Å². The Labute approximate surface area is 119 Å².